The Bertz CT molecular complexity index is 1250. The lowest BCUT2D eigenvalue weighted by atomic mass is 10.0. The van der Waals surface area contributed by atoms with E-state index in [4.69, 9.17) is 0 Å². The fraction of sp³-hybridized carbons (Fsp3) is 0.381. The summed E-state index contributed by atoms with van der Waals surface area (Å²) in [5.74, 6) is -0.396. The number of carbonyl (C=O) groups excluding carboxylic acids is 1. The average molecular weight is 461 g/mol. The van der Waals surface area contributed by atoms with Crippen LogP contribution >= 0.6 is 11.3 Å². The van der Waals surface area contributed by atoms with Crippen LogP contribution in [0.25, 0.3) is 10.2 Å². The predicted octanol–water partition coefficient (Wildman–Crippen LogP) is 3.05. The van der Waals surface area contributed by atoms with Crippen molar-refractivity contribution in [3.8, 4) is 0 Å². The van der Waals surface area contributed by atoms with E-state index in [1.165, 1.54) is 34.4 Å². The highest BCUT2D eigenvalue weighted by atomic mass is 32.2. The van der Waals surface area contributed by atoms with Crippen molar-refractivity contribution in [3.63, 3.8) is 0 Å². The SMILES string of the molecule is C[C@H]1CCC[C@H](C)N1S(=O)(=O)c1ccc(NC(=O)Cn2cnc3sccc3c2=O)cc1. The summed E-state index contributed by atoms with van der Waals surface area (Å²) in [5, 5.41) is 4.97. The third kappa shape index (κ3) is 4.28. The summed E-state index contributed by atoms with van der Waals surface area (Å²) in [6.45, 7) is 3.69. The number of nitrogens with one attached hydrogen (secondary N) is 1. The minimum absolute atomic E-state index is 0.0411. The summed E-state index contributed by atoms with van der Waals surface area (Å²) in [5.41, 5.74) is 0.189. The molecule has 0 aliphatic carbocycles. The third-order valence-electron chi connectivity index (χ3n) is 5.59. The fourth-order valence-corrected chi connectivity index (χ4v) is 6.67. The lowest BCUT2D eigenvalue weighted by molar-refractivity contribution is -0.116. The molecule has 1 aromatic carbocycles. The van der Waals surface area contributed by atoms with E-state index >= 15 is 0 Å². The second kappa shape index (κ2) is 8.52. The third-order valence-corrected chi connectivity index (χ3v) is 8.55. The van der Waals surface area contributed by atoms with E-state index in [0.29, 0.717) is 15.9 Å². The zero-order chi connectivity index (χ0) is 22.2. The second-order valence-electron chi connectivity index (χ2n) is 7.85. The van der Waals surface area contributed by atoms with Gasteiger partial charge in [0.05, 0.1) is 16.6 Å². The van der Waals surface area contributed by atoms with Gasteiger partial charge >= 0.3 is 0 Å². The number of nitrogens with zero attached hydrogens (tertiary/aromatic N) is 3. The van der Waals surface area contributed by atoms with E-state index in [0.717, 1.165) is 19.3 Å². The van der Waals surface area contributed by atoms with Gasteiger partial charge in [-0.3, -0.25) is 14.2 Å². The van der Waals surface area contributed by atoms with E-state index in [1.54, 1.807) is 27.9 Å². The number of benzene rings is 1. The first-order valence-corrected chi connectivity index (χ1v) is 12.5. The normalized spacial score (nSPS) is 20.1. The van der Waals surface area contributed by atoms with Crippen molar-refractivity contribution >= 4 is 43.2 Å². The van der Waals surface area contributed by atoms with Crippen LogP contribution < -0.4 is 10.9 Å². The van der Waals surface area contributed by atoms with Crippen LogP contribution in [0.5, 0.6) is 0 Å². The number of sulfonamides is 1. The van der Waals surface area contributed by atoms with Crippen LogP contribution in [0.15, 0.2) is 51.7 Å². The molecule has 10 heteroatoms. The summed E-state index contributed by atoms with van der Waals surface area (Å²) in [6, 6.07) is 7.74. The Morgan fingerprint density at radius 2 is 1.84 bits per heavy atom. The van der Waals surface area contributed by atoms with Crippen LogP contribution in [0.2, 0.25) is 0 Å². The molecule has 3 heterocycles. The molecule has 31 heavy (non-hydrogen) atoms. The molecule has 4 rings (SSSR count). The van der Waals surface area contributed by atoms with Crippen LogP contribution in [-0.4, -0.2) is 40.3 Å². The Balaban J connectivity index is 1.47. The van der Waals surface area contributed by atoms with Crippen LogP contribution in [-0.2, 0) is 21.4 Å². The van der Waals surface area contributed by atoms with Gasteiger partial charge in [0, 0.05) is 17.8 Å². The van der Waals surface area contributed by atoms with E-state index in [9.17, 15) is 18.0 Å². The lowest BCUT2D eigenvalue weighted by Gasteiger charge is -2.37. The van der Waals surface area contributed by atoms with Gasteiger partial charge in [-0.05, 0) is 62.4 Å². The summed E-state index contributed by atoms with van der Waals surface area (Å²) >= 11 is 1.37. The molecular formula is C21H24N4O4S2. The zero-order valence-electron chi connectivity index (χ0n) is 17.3. The van der Waals surface area contributed by atoms with Gasteiger partial charge in [0.15, 0.2) is 0 Å². The van der Waals surface area contributed by atoms with Gasteiger partial charge in [0.1, 0.15) is 11.4 Å². The maximum absolute atomic E-state index is 13.1. The highest BCUT2D eigenvalue weighted by Crippen LogP contribution is 2.30. The Kier molecular flexibility index (Phi) is 5.96. The summed E-state index contributed by atoms with van der Waals surface area (Å²) in [4.78, 5) is 29.8. The van der Waals surface area contributed by atoms with Gasteiger partial charge in [-0.2, -0.15) is 4.31 Å². The molecule has 1 aliphatic rings. The van der Waals surface area contributed by atoms with Gasteiger partial charge in [-0.25, -0.2) is 13.4 Å². The van der Waals surface area contributed by atoms with Gasteiger partial charge < -0.3 is 5.32 Å². The molecule has 1 fully saturated rings. The van der Waals surface area contributed by atoms with Crippen molar-refractivity contribution in [1.29, 1.82) is 0 Å². The summed E-state index contributed by atoms with van der Waals surface area (Å²) < 4.78 is 29.0. The van der Waals surface area contributed by atoms with Gasteiger partial charge in [-0.1, -0.05) is 6.42 Å². The minimum atomic E-state index is -3.61. The summed E-state index contributed by atoms with van der Waals surface area (Å²) in [7, 11) is -3.61. The molecule has 0 radical (unpaired) electrons. The second-order valence-corrected chi connectivity index (χ2v) is 10.6. The van der Waals surface area contributed by atoms with E-state index < -0.39 is 15.9 Å². The van der Waals surface area contributed by atoms with Gasteiger partial charge in [0.2, 0.25) is 15.9 Å². The number of hydrogen-bond donors (Lipinski definition) is 1. The van der Waals surface area contributed by atoms with Crippen molar-refractivity contribution in [1.82, 2.24) is 13.9 Å². The number of fused-ring (bicyclic) bond motifs is 1. The fourth-order valence-electron chi connectivity index (χ4n) is 4.06. The maximum Gasteiger partial charge on any atom is 0.262 e. The first-order chi connectivity index (χ1) is 14.8. The molecule has 164 valence electrons. The average Bonchev–Trinajstić information content (AvgIpc) is 3.20. The molecule has 1 N–H and O–H groups in total. The molecule has 0 saturated carbocycles. The number of piperidine rings is 1. The van der Waals surface area contributed by atoms with Gasteiger partial charge in [0.25, 0.3) is 5.56 Å². The Morgan fingerprint density at radius 1 is 1.16 bits per heavy atom. The molecule has 0 bridgehead atoms. The van der Waals surface area contributed by atoms with Crippen molar-refractivity contribution in [2.75, 3.05) is 5.32 Å². The molecule has 0 spiro atoms. The van der Waals surface area contributed by atoms with Crippen molar-refractivity contribution in [2.24, 2.45) is 0 Å². The summed E-state index contributed by atoms with van der Waals surface area (Å²) in [6.07, 6.45) is 4.08. The van der Waals surface area contributed by atoms with Gasteiger partial charge in [-0.15, -0.1) is 11.3 Å². The molecule has 1 amide bonds. The number of amides is 1. The van der Waals surface area contributed by atoms with Crippen molar-refractivity contribution in [3.05, 3.63) is 52.4 Å². The standard InChI is InChI=1S/C21H24N4O4S2/c1-14-4-3-5-15(2)25(14)31(28,29)17-8-6-16(7-9-17)23-19(26)12-24-13-22-20-18(21(24)27)10-11-30-20/h6-11,13-15H,3-5,12H2,1-2H3,(H,23,26)/t14-,15-/m0/s1. The highest BCUT2D eigenvalue weighted by Gasteiger charge is 2.35. The smallest absolute Gasteiger partial charge is 0.262 e. The Hall–Kier alpha value is -2.56. The van der Waals surface area contributed by atoms with E-state index in [-0.39, 0.29) is 29.1 Å². The predicted molar refractivity (Wildman–Crippen MR) is 121 cm³/mol. The molecular weight excluding hydrogens is 436 g/mol. The molecule has 2 aromatic heterocycles. The van der Waals surface area contributed by atoms with Crippen LogP contribution in [0, 0.1) is 0 Å². The number of aromatic nitrogens is 2. The molecule has 3 aromatic rings. The lowest BCUT2D eigenvalue weighted by Crippen LogP contribution is -2.47. The molecule has 1 aliphatic heterocycles. The largest absolute Gasteiger partial charge is 0.325 e. The van der Waals surface area contributed by atoms with Crippen LogP contribution in [0.4, 0.5) is 5.69 Å². The Morgan fingerprint density at radius 3 is 2.52 bits per heavy atom. The maximum atomic E-state index is 13.1. The number of carbonyl (C=O) groups is 1. The number of rotatable bonds is 5. The molecule has 8 nitrogen and oxygen atoms in total. The first-order valence-electron chi connectivity index (χ1n) is 10.1. The monoisotopic (exact) mass is 460 g/mol. The molecule has 0 unspecified atom stereocenters. The number of anilines is 1. The first kappa shape index (κ1) is 21.7. The Labute approximate surface area is 184 Å². The van der Waals surface area contributed by atoms with Crippen LogP contribution in [0.3, 0.4) is 0 Å². The highest BCUT2D eigenvalue weighted by molar-refractivity contribution is 7.89. The molecule has 2 atom stereocenters. The number of hydrogen-bond acceptors (Lipinski definition) is 6. The van der Waals surface area contributed by atoms with E-state index in [2.05, 4.69) is 10.3 Å². The number of thiophene rings is 1. The minimum Gasteiger partial charge on any atom is -0.325 e. The van der Waals surface area contributed by atoms with Crippen LogP contribution in [0.1, 0.15) is 33.1 Å². The molecule has 1 saturated heterocycles. The van der Waals surface area contributed by atoms with Crippen molar-refractivity contribution < 1.29 is 13.2 Å². The topological polar surface area (TPSA) is 101 Å². The zero-order valence-corrected chi connectivity index (χ0v) is 18.9. The quantitative estimate of drug-likeness (QED) is 0.631. The van der Waals surface area contributed by atoms with Crippen molar-refractivity contribution in [2.45, 2.75) is 56.6 Å². The van der Waals surface area contributed by atoms with E-state index in [1.807, 2.05) is 13.8 Å².